The molecule has 4 heteroatoms. The third kappa shape index (κ3) is 3.75. The van der Waals surface area contributed by atoms with E-state index < -0.39 is 0 Å². The highest BCUT2D eigenvalue weighted by Crippen LogP contribution is 1.94. The first-order valence-electron chi connectivity index (χ1n) is 4.37. The fourth-order valence-corrected chi connectivity index (χ4v) is 0.968. The number of nitrogens with zero attached hydrogens (tertiary/aromatic N) is 1. The molecule has 13 heavy (non-hydrogen) atoms. The molecule has 0 aromatic carbocycles. The summed E-state index contributed by atoms with van der Waals surface area (Å²) < 4.78 is 1.63. The molecular weight excluding hydrogens is 166 g/mol. The number of rotatable bonds is 4. The second kappa shape index (κ2) is 4.67. The number of nitrogens with two attached hydrogens (primary N) is 1. The molecule has 1 rings (SSSR count). The van der Waals surface area contributed by atoms with E-state index in [2.05, 4.69) is 5.43 Å². The first-order chi connectivity index (χ1) is 6.18. The van der Waals surface area contributed by atoms with Gasteiger partial charge in [-0.3, -0.25) is 14.9 Å². The Morgan fingerprint density at radius 2 is 2.15 bits per heavy atom. The van der Waals surface area contributed by atoms with Gasteiger partial charge in [0.15, 0.2) is 0 Å². The lowest BCUT2D eigenvalue weighted by Crippen LogP contribution is -2.24. The van der Waals surface area contributed by atoms with Crippen molar-refractivity contribution in [3.05, 3.63) is 24.5 Å². The zero-order chi connectivity index (χ0) is 9.68. The first kappa shape index (κ1) is 9.80. The molecule has 1 aromatic heterocycles. The SMILES string of the molecule is CC(N)CCC(=O)Nn1cccc1. The number of aromatic nitrogens is 1. The number of nitrogens with one attached hydrogen (secondary N) is 1. The fraction of sp³-hybridized carbons (Fsp3) is 0.444. The first-order valence-corrected chi connectivity index (χ1v) is 4.37. The van der Waals surface area contributed by atoms with Gasteiger partial charge < -0.3 is 5.73 Å². The Balaban J connectivity index is 2.26. The van der Waals surface area contributed by atoms with E-state index >= 15 is 0 Å². The molecule has 1 atom stereocenters. The van der Waals surface area contributed by atoms with Crippen molar-refractivity contribution in [3.63, 3.8) is 0 Å². The van der Waals surface area contributed by atoms with Crippen molar-refractivity contribution in [1.82, 2.24) is 4.68 Å². The minimum atomic E-state index is -0.00602. The van der Waals surface area contributed by atoms with E-state index in [1.807, 2.05) is 19.1 Å². The lowest BCUT2D eigenvalue weighted by molar-refractivity contribution is -0.117. The molecule has 0 bridgehead atoms. The van der Waals surface area contributed by atoms with E-state index in [-0.39, 0.29) is 11.9 Å². The maximum absolute atomic E-state index is 11.2. The molecule has 3 N–H and O–H groups in total. The van der Waals surface area contributed by atoms with Gasteiger partial charge in [0.05, 0.1) is 0 Å². The predicted octanol–water partition coefficient (Wildman–Crippen LogP) is 0.686. The summed E-state index contributed by atoms with van der Waals surface area (Å²) >= 11 is 0. The van der Waals surface area contributed by atoms with Crippen molar-refractivity contribution in [2.45, 2.75) is 25.8 Å². The molecule has 4 nitrogen and oxygen atoms in total. The maximum atomic E-state index is 11.2. The Hall–Kier alpha value is -1.29. The molecular formula is C9H15N3O. The summed E-state index contributed by atoms with van der Waals surface area (Å²) in [5.74, 6) is -0.00602. The molecule has 1 amide bonds. The Kier molecular flexibility index (Phi) is 3.52. The summed E-state index contributed by atoms with van der Waals surface area (Å²) in [6, 6.07) is 3.79. The van der Waals surface area contributed by atoms with Crippen LogP contribution >= 0.6 is 0 Å². The minimum absolute atomic E-state index is 0.00602. The molecule has 0 fully saturated rings. The third-order valence-electron chi connectivity index (χ3n) is 1.68. The second-order valence-electron chi connectivity index (χ2n) is 3.14. The summed E-state index contributed by atoms with van der Waals surface area (Å²) in [7, 11) is 0. The number of hydrogen-bond acceptors (Lipinski definition) is 2. The molecule has 0 spiro atoms. The van der Waals surface area contributed by atoms with Gasteiger partial charge >= 0.3 is 0 Å². The fourth-order valence-electron chi connectivity index (χ4n) is 0.968. The number of amides is 1. The van der Waals surface area contributed by atoms with Crippen LogP contribution in [0.15, 0.2) is 24.5 Å². The Bertz CT molecular complexity index is 254. The van der Waals surface area contributed by atoms with Crippen molar-refractivity contribution < 1.29 is 4.79 Å². The smallest absolute Gasteiger partial charge is 0.238 e. The van der Waals surface area contributed by atoms with Gasteiger partial charge in [0.25, 0.3) is 0 Å². The lowest BCUT2D eigenvalue weighted by Gasteiger charge is -2.07. The highest BCUT2D eigenvalue weighted by molar-refractivity contribution is 5.83. The zero-order valence-corrected chi connectivity index (χ0v) is 7.73. The van der Waals surface area contributed by atoms with Crippen LogP contribution in [0, 0.1) is 0 Å². The Morgan fingerprint density at radius 3 is 2.69 bits per heavy atom. The molecule has 1 aromatic rings. The van der Waals surface area contributed by atoms with Gasteiger partial charge in [-0.15, -0.1) is 0 Å². The van der Waals surface area contributed by atoms with E-state index in [9.17, 15) is 4.79 Å². The lowest BCUT2D eigenvalue weighted by atomic mass is 10.2. The van der Waals surface area contributed by atoms with E-state index in [1.165, 1.54) is 0 Å². The molecule has 1 unspecified atom stereocenters. The molecule has 0 saturated heterocycles. The van der Waals surface area contributed by atoms with Crippen molar-refractivity contribution >= 4 is 5.91 Å². The molecule has 0 saturated carbocycles. The third-order valence-corrected chi connectivity index (χ3v) is 1.68. The largest absolute Gasteiger partial charge is 0.328 e. The number of carbonyl (C=O) groups is 1. The predicted molar refractivity (Wildman–Crippen MR) is 51.7 cm³/mol. The molecule has 0 aliphatic carbocycles. The van der Waals surface area contributed by atoms with E-state index in [0.717, 1.165) is 0 Å². The molecule has 0 aliphatic heterocycles. The van der Waals surface area contributed by atoms with Gasteiger partial charge in [0.2, 0.25) is 5.91 Å². The van der Waals surface area contributed by atoms with E-state index in [0.29, 0.717) is 12.8 Å². The number of carbonyl (C=O) groups excluding carboxylic acids is 1. The summed E-state index contributed by atoms with van der Waals surface area (Å²) in [5, 5.41) is 0. The van der Waals surface area contributed by atoms with E-state index in [1.54, 1.807) is 17.1 Å². The van der Waals surface area contributed by atoms with Crippen molar-refractivity contribution in [3.8, 4) is 0 Å². The van der Waals surface area contributed by atoms with Crippen LogP contribution in [0.1, 0.15) is 19.8 Å². The summed E-state index contributed by atoms with van der Waals surface area (Å²) in [6.45, 7) is 1.89. The molecule has 72 valence electrons. The molecule has 1 heterocycles. The van der Waals surface area contributed by atoms with Crippen LogP contribution in [0.3, 0.4) is 0 Å². The van der Waals surface area contributed by atoms with Crippen LogP contribution in [-0.2, 0) is 4.79 Å². The monoisotopic (exact) mass is 181 g/mol. The van der Waals surface area contributed by atoms with Crippen LogP contribution in [0.2, 0.25) is 0 Å². The molecule has 0 aliphatic rings. The van der Waals surface area contributed by atoms with Crippen LogP contribution < -0.4 is 11.2 Å². The highest BCUT2D eigenvalue weighted by Gasteiger charge is 2.02. The topological polar surface area (TPSA) is 60.1 Å². The quantitative estimate of drug-likeness (QED) is 0.717. The normalized spacial score (nSPS) is 12.5. The van der Waals surface area contributed by atoms with Gasteiger partial charge in [-0.25, -0.2) is 0 Å². The average molecular weight is 181 g/mol. The molecule has 0 radical (unpaired) electrons. The van der Waals surface area contributed by atoms with Crippen molar-refractivity contribution in [2.75, 3.05) is 5.43 Å². The Morgan fingerprint density at radius 1 is 1.54 bits per heavy atom. The van der Waals surface area contributed by atoms with Crippen LogP contribution in [0.25, 0.3) is 0 Å². The van der Waals surface area contributed by atoms with Gasteiger partial charge in [-0.2, -0.15) is 0 Å². The van der Waals surface area contributed by atoms with E-state index in [4.69, 9.17) is 5.73 Å². The van der Waals surface area contributed by atoms with Gasteiger partial charge in [-0.05, 0) is 25.5 Å². The summed E-state index contributed by atoms with van der Waals surface area (Å²) in [5.41, 5.74) is 8.23. The summed E-state index contributed by atoms with van der Waals surface area (Å²) in [6.07, 6.45) is 4.75. The Labute approximate surface area is 77.7 Å². The van der Waals surface area contributed by atoms with Crippen LogP contribution in [0.4, 0.5) is 0 Å². The van der Waals surface area contributed by atoms with Crippen molar-refractivity contribution in [1.29, 1.82) is 0 Å². The zero-order valence-electron chi connectivity index (χ0n) is 7.73. The van der Waals surface area contributed by atoms with Crippen LogP contribution in [0.5, 0.6) is 0 Å². The van der Waals surface area contributed by atoms with Gasteiger partial charge in [0.1, 0.15) is 0 Å². The highest BCUT2D eigenvalue weighted by atomic mass is 16.2. The summed E-state index contributed by atoms with van der Waals surface area (Å²) in [4.78, 5) is 11.2. The minimum Gasteiger partial charge on any atom is -0.328 e. The second-order valence-corrected chi connectivity index (χ2v) is 3.14. The number of hydrogen-bond donors (Lipinski definition) is 2. The van der Waals surface area contributed by atoms with Gasteiger partial charge in [-0.1, -0.05) is 0 Å². The standard InChI is InChI=1S/C9H15N3O/c1-8(10)4-5-9(13)11-12-6-2-3-7-12/h2-3,6-8H,4-5,10H2,1H3,(H,11,13). The van der Waals surface area contributed by atoms with Gasteiger partial charge in [0, 0.05) is 24.9 Å². The van der Waals surface area contributed by atoms with Crippen LogP contribution in [-0.4, -0.2) is 16.6 Å². The average Bonchev–Trinajstić information content (AvgIpc) is 2.53. The maximum Gasteiger partial charge on any atom is 0.238 e. The van der Waals surface area contributed by atoms with Crippen molar-refractivity contribution in [2.24, 2.45) is 5.73 Å².